The second-order valence-electron chi connectivity index (χ2n) is 8.08. The van der Waals surface area contributed by atoms with E-state index in [4.69, 9.17) is 21.7 Å². The third-order valence-electron chi connectivity index (χ3n) is 5.86. The summed E-state index contributed by atoms with van der Waals surface area (Å²) in [6, 6.07) is 17.1. The van der Waals surface area contributed by atoms with E-state index in [0.717, 1.165) is 49.0 Å². The lowest BCUT2D eigenvalue weighted by Crippen LogP contribution is -2.27. The maximum Gasteiger partial charge on any atom is 0.257 e. The number of nitrogens with zero attached hydrogens (tertiary/aromatic N) is 2. The molecule has 0 unspecified atom stereocenters. The molecule has 1 saturated heterocycles. The van der Waals surface area contributed by atoms with Crippen molar-refractivity contribution < 1.29 is 9.53 Å². The molecule has 0 saturated carbocycles. The Morgan fingerprint density at radius 1 is 1.09 bits per heavy atom. The van der Waals surface area contributed by atoms with Gasteiger partial charge in [0.25, 0.3) is 5.91 Å². The number of amidine groups is 1. The molecule has 2 aromatic carbocycles. The predicted octanol–water partition coefficient (Wildman–Crippen LogP) is 5.20. The van der Waals surface area contributed by atoms with E-state index in [1.165, 1.54) is 6.20 Å². The second-order valence-corrected chi connectivity index (χ2v) is 8.51. The zero-order chi connectivity index (χ0) is 23.2. The van der Waals surface area contributed by atoms with Crippen LogP contribution in [0.3, 0.4) is 0 Å². The highest BCUT2D eigenvalue weighted by Crippen LogP contribution is 2.22. The summed E-state index contributed by atoms with van der Waals surface area (Å²) in [5.74, 6) is 1.42. The SMILES string of the molecule is COc1ccc(CCc2ccc(C(=N)N3CCCC3)cc2)c(C(=O)Nc2ccc(Cl)cn2)c1. The quantitative estimate of drug-likeness (QED) is 0.373. The summed E-state index contributed by atoms with van der Waals surface area (Å²) in [6.45, 7) is 1.93. The highest BCUT2D eigenvalue weighted by molar-refractivity contribution is 6.30. The molecule has 3 aromatic rings. The van der Waals surface area contributed by atoms with Gasteiger partial charge in [-0.25, -0.2) is 4.98 Å². The van der Waals surface area contributed by atoms with Crippen LogP contribution in [0.1, 0.15) is 39.9 Å². The van der Waals surface area contributed by atoms with Crippen LogP contribution in [-0.4, -0.2) is 41.8 Å². The molecule has 1 aromatic heterocycles. The van der Waals surface area contributed by atoms with E-state index in [1.54, 1.807) is 25.3 Å². The molecule has 4 rings (SSSR count). The minimum atomic E-state index is -0.242. The summed E-state index contributed by atoms with van der Waals surface area (Å²) in [5, 5.41) is 11.7. The molecule has 6 nitrogen and oxygen atoms in total. The fourth-order valence-electron chi connectivity index (χ4n) is 3.98. The van der Waals surface area contributed by atoms with E-state index in [-0.39, 0.29) is 5.91 Å². The van der Waals surface area contributed by atoms with Gasteiger partial charge in [0, 0.05) is 30.4 Å². The van der Waals surface area contributed by atoms with Crippen molar-refractivity contribution in [3.63, 3.8) is 0 Å². The summed E-state index contributed by atoms with van der Waals surface area (Å²) in [6.07, 6.45) is 5.29. The number of anilines is 1. The molecule has 0 spiro atoms. The number of aromatic nitrogens is 1. The number of benzene rings is 2. The second kappa shape index (κ2) is 10.5. The molecule has 0 bridgehead atoms. The van der Waals surface area contributed by atoms with E-state index >= 15 is 0 Å². The fourth-order valence-corrected chi connectivity index (χ4v) is 4.09. The first kappa shape index (κ1) is 22.8. The summed E-state index contributed by atoms with van der Waals surface area (Å²) < 4.78 is 5.33. The molecule has 1 aliphatic heterocycles. The summed E-state index contributed by atoms with van der Waals surface area (Å²) in [7, 11) is 1.58. The molecular formula is C26H27ClN4O2. The van der Waals surface area contributed by atoms with Crippen molar-refractivity contribution in [3.05, 3.63) is 88.1 Å². The number of hydrogen-bond acceptors (Lipinski definition) is 4. The predicted molar refractivity (Wildman–Crippen MR) is 132 cm³/mol. The number of likely N-dealkylation sites (tertiary alicyclic amines) is 1. The smallest absolute Gasteiger partial charge is 0.257 e. The maximum absolute atomic E-state index is 13.0. The van der Waals surface area contributed by atoms with Crippen LogP contribution in [0.15, 0.2) is 60.8 Å². The molecule has 2 N–H and O–H groups in total. The van der Waals surface area contributed by atoms with E-state index in [0.29, 0.717) is 34.4 Å². The van der Waals surface area contributed by atoms with Gasteiger partial charge in [0.2, 0.25) is 0 Å². The van der Waals surface area contributed by atoms with Gasteiger partial charge in [0.15, 0.2) is 0 Å². The average Bonchev–Trinajstić information content (AvgIpc) is 3.39. The molecule has 1 fully saturated rings. The van der Waals surface area contributed by atoms with Crippen molar-refractivity contribution in [2.45, 2.75) is 25.7 Å². The Labute approximate surface area is 199 Å². The third kappa shape index (κ3) is 5.71. The Bertz CT molecular complexity index is 1120. The van der Waals surface area contributed by atoms with Crippen molar-refractivity contribution in [2.24, 2.45) is 0 Å². The van der Waals surface area contributed by atoms with Crippen molar-refractivity contribution in [3.8, 4) is 5.75 Å². The Balaban J connectivity index is 1.45. The largest absolute Gasteiger partial charge is 0.497 e. The van der Waals surface area contributed by atoms with Crippen LogP contribution in [0.5, 0.6) is 5.75 Å². The van der Waals surface area contributed by atoms with Crippen LogP contribution >= 0.6 is 11.6 Å². The van der Waals surface area contributed by atoms with Gasteiger partial charge in [-0.2, -0.15) is 0 Å². The number of pyridine rings is 1. The van der Waals surface area contributed by atoms with Crippen molar-refractivity contribution in [1.29, 1.82) is 5.41 Å². The van der Waals surface area contributed by atoms with Crippen molar-refractivity contribution >= 4 is 29.2 Å². The maximum atomic E-state index is 13.0. The van der Waals surface area contributed by atoms with Crippen molar-refractivity contribution in [1.82, 2.24) is 9.88 Å². The zero-order valence-electron chi connectivity index (χ0n) is 18.6. The van der Waals surface area contributed by atoms with Gasteiger partial charge in [-0.1, -0.05) is 41.9 Å². The molecule has 2 heterocycles. The lowest BCUT2D eigenvalue weighted by atomic mass is 9.98. The van der Waals surface area contributed by atoms with E-state index in [1.807, 2.05) is 24.3 Å². The number of rotatable bonds is 7. The first-order chi connectivity index (χ1) is 16.0. The lowest BCUT2D eigenvalue weighted by Gasteiger charge is -2.18. The molecule has 170 valence electrons. The van der Waals surface area contributed by atoms with E-state index in [9.17, 15) is 4.79 Å². The molecular weight excluding hydrogens is 436 g/mol. The molecule has 0 radical (unpaired) electrons. The fraction of sp³-hybridized carbons (Fsp3) is 0.269. The number of halogens is 1. The Kier molecular flexibility index (Phi) is 7.25. The number of ether oxygens (including phenoxy) is 1. The van der Waals surface area contributed by atoms with Gasteiger partial charge < -0.3 is 15.0 Å². The molecule has 33 heavy (non-hydrogen) atoms. The molecule has 0 atom stereocenters. The number of carbonyl (C=O) groups excluding carboxylic acids is 1. The van der Waals surface area contributed by atoms with Crippen LogP contribution < -0.4 is 10.1 Å². The van der Waals surface area contributed by atoms with Gasteiger partial charge in [-0.3, -0.25) is 10.2 Å². The molecule has 1 aliphatic rings. The first-order valence-corrected chi connectivity index (χ1v) is 11.4. The van der Waals surface area contributed by atoms with Crippen LogP contribution in [-0.2, 0) is 12.8 Å². The summed E-state index contributed by atoms with van der Waals surface area (Å²) >= 11 is 5.88. The zero-order valence-corrected chi connectivity index (χ0v) is 19.4. The topological polar surface area (TPSA) is 78.3 Å². The monoisotopic (exact) mass is 462 g/mol. The van der Waals surface area contributed by atoms with E-state index < -0.39 is 0 Å². The van der Waals surface area contributed by atoms with Crippen molar-refractivity contribution in [2.75, 3.05) is 25.5 Å². The lowest BCUT2D eigenvalue weighted by molar-refractivity contribution is 0.102. The van der Waals surface area contributed by atoms with Gasteiger partial charge in [-0.05, 0) is 61.1 Å². The number of hydrogen-bond donors (Lipinski definition) is 2. The average molecular weight is 463 g/mol. The van der Waals surface area contributed by atoms with Gasteiger partial charge in [-0.15, -0.1) is 0 Å². The summed E-state index contributed by atoms with van der Waals surface area (Å²) in [5.41, 5.74) is 3.59. The third-order valence-corrected chi connectivity index (χ3v) is 6.09. The summed E-state index contributed by atoms with van der Waals surface area (Å²) in [4.78, 5) is 19.3. The van der Waals surface area contributed by atoms with Crippen LogP contribution in [0.2, 0.25) is 5.02 Å². The number of nitrogens with one attached hydrogen (secondary N) is 2. The highest BCUT2D eigenvalue weighted by Gasteiger charge is 2.17. The molecule has 0 aliphatic carbocycles. The number of methoxy groups -OCH3 is 1. The van der Waals surface area contributed by atoms with Crippen LogP contribution in [0.4, 0.5) is 5.82 Å². The Hall–Kier alpha value is -3.38. The van der Waals surface area contributed by atoms with Gasteiger partial charge in [0.1, 0.15) is 17.4 Å². The molecule has 1 amide bonds. The standard InChI is InChI=1S/C26H27ClN4O2/c1-33-22-12-10-19(23(16-22)26(32)30-24-13-11-21(27)17-29-24)7-4-18-5-8-20(9-6-18)25(28)31-14-2-3-15-31/h5-6,8-13,16-17,28H,2-4,7,14-15H2,1H3,(H,29,30,32). The normalized spacial score (nSPS) is 13.1. The first-order valence-electron chi connectivity index (χ1n) is 11.1. The van der Waals surface area contributed by atoms with Gasteiger partial charge in [0.05, 0.1) is 12.1 Å². The minimum Gasteiger partial charge on any atom is -0.497 e. The highest BCUT2D eigenvalue weighted by atomic mass is 35.5. The Morgan fingerprint density at radius 2 is 1.85 bits per heavy atom. The van der Waals surface area contributed by atoms with Gasteiger partial charge >= 0.3 is 0 Å². The minimum absolute atomic E-state index is 0.242. The number of amides is 1. The van der Waals surface area contributed by atoms with Crippen LogP contribution in [0, 0.1) is 5.41 Å². The van der Waals surface area contributed by atoms with E-state index in [2.05, 4.69) is 27.3 Å². The number of aryl methyl sites for hydroxylation is 2. The number of carbonyl (C=O) groups is 1. The Morgan fingerprint density at radius 3 is 2.52 bits per heavy atom. The molecule has 7 heteroatoms. The van der Waals surface area contributed by atoms with Crippen LogP contribution in [0.25, 0.3) is 0 Å².